The highest BCUT2D eigenvalue weighted by Gasteiger charge is 2.14. The summed E-state index contributed by atoms with van der Waals surface area (Å²) in [6.07, 6.45) is 2.86. The molecule has 0 bridgehead atoms. The molecule has 142 valence electrons. The van der Waals surface area contributed by atoms with E-state index in [-0.39, 0.29) is 5.82 Å². The Morgan fingerprint density at radius 1 is 1.00 bits per heavy atom. The van der Waals surface area contributed by atoms with E-state index in [1.54, 1.807) is 25.6 Å². The molecule has 0 aliphatic rings. The first-order valence-corrected chi connectivity index (χ1v) is 9.16. The molecule has 0 radical (unpaired) electrons. The molecule has 0 aliphatic heterocycles. The molecule has 0 amide bonds. The lowest BCUT2D eigenvalue weighted by atomic mass is 10.0. The summed E-state index contributed by atoms with van der Waals surface area (Å²) < 4.78 is 21.5. The zero-order chi connectivity index (χ0) is 19.7. The Morgan fingerprint density at radius 2 is 1.82 bits per heavy atom. The van der Waals surface area contributed by atoms with Crippen molar-refractivity contribution in [2.75, 3.05) is 7.11 Å². The molecule has 3 heterocycles. The Bertz CT molecular complexity index is 1150. The fraction of sp³-hybridized carbons (Fsp3) is 0.227. The average Bonchev–Trinajstić information content (AvgIpc) is 3.17. The van der Waals surface area contributed by atoms with Gasteiger partial charge in [-0.05, 0) is 57.0 Å². The van der Waals surface area contributed by atoms with Crippen LogP contribution in [0.4, 0.5) is 4.39 Å². The average molecular weight is 376 g/mol. The predicted octanol–water partition coefficient (Wildman–Crippen LogP) is 4.34. The largest absolute Gasteiger partial charge is 0.496 e. The monoisotopic (exact) mass is 376 g/mol. The number of benzene rings is 1. The molecule has 0 fully saturated rings. The highest BCUT2D eigenvalue weighted by molar-refractivity contribution is 5.78. The number of aromatic nitrogens is 4. The molecular weight excluding hydrogens is 355 g/mol. The third-order valence-electron chi connectivity index (χ3n) is 4.98. The number of nitrogens with zero attached hydrogens (tertiary/aromatic N) is 4. The number of halogens is 1. The number of methoxy groups -OCH3 is 1. The second-order valence-electron chi connectivity index (χ2n) is 6.77. The van der Waals surface area contributed by atoms with Gasteiger partial charge in [-0.2, -0.15) is 0 Å². The van der Waals surface area contributed by atoms with Gasteiger partial charge >= 0.3 is 0 Å². The van der Waals surface area contributed by atoms with Crippen molar-refractivity contribution >= 4 is 5.65 Å². The fourth-order valence-corrected chi connectivity index (χ4v) is 3.57. The van der Waals surface area contributed by atoms with Crippen LogP contribution in [0.25, 0.3) is 16.8 Å². The van der Waals surface area contributed by atoms with Gasteiger partial charge in [0.25, 0.3) is 0 Å². The van der Waals surface area contributed by atoms with Gasteiger partial charge in [0.2, 0.25) is 0 Å². The molecule has 0 spiro atoms. The highest BCUT2D eigenvalue weighted by atomic mass is 19.1. The number of aryl methyl sites for hydroxylation is 3. The standard InChI is InChI=1S/C22H21FN4O/c1-14-7-10-17(15(2)25-14)18-11-8-16(27-13-24-26-22(18)27)9-12-19-20(23)5-4-6-21(19)28-3/h4-8,10-11,13H,9,12H2,1-3H3. The van der Waals surface area contributed by atoms with Gasteiger partial charge in [-0.1, -0.05) is 12.1 Å². The van der Waals surface area contributed by atoms with E-state index in [4.69, 9.17) is 4.74 Å². The van der Waals surface area contributed by atoms with Crippen molar-refractivity contribution in [3.8, 4) is 16.9 Å². The summed E-state index contributed by atoms with van der Waals surface area (Å²) in [5.41, 5.74) is 6.30. The van der Waals surface area contributed by atoms with Crippen molar-refractivity contribution in [1.29, 1.82) is 0 Å². The van der Waals surface area contributed by atoms with Gasteiger partial charge in [0.1, 0.15) is 17.9 Å². The molecule has 6 heteroatoms. The first kappa shape index (κ1) is 18.1. The topological polar surface area (TPSA) is 52.3 Å². The molecule has 0 aliphatic carbocycles. The maximum absolute atomic E-state index is 14.2. The van der Waals surface area contributed by atoms with Crippen LogP contribution in [0, 0.1) is 19.7 Å². The van der Waals surface area contributed by atoms with E-state index >= 15 is 0 Å². The van der Waals surface area contributed by atoms with Gasteiger partial charge in [0.15, 0.2) is 5.65 Å². The lowest BCUT2D eigenvalue weighted by molar-refractivity contribution is 0.404. The van der Waals surface area contributed by atoms with Crippen molar-refractivity contribution in [3.05, 3.63) is 77.3 Å². The molecule has 0 unspecified atom stereocenters. The maximum Gasteiger partial charge on any atom is 0.168 e. The molecular formula is C22H21FN4O. The molecule has 4 aromatic rings. The number of rotatable bonds is 5. The summed E-state index contributed by atoms with van der Waals surface area (Å²) in [4.78, 5) is 4.56. The summed E-state index contributed by atoms with van der Waals surface area (Å²) in [6.45, 7) is 3.97. The summed E-state index contributed by atoms with van der Waals surface area (Å²) in [5, 5.41) is 8.41. The van der Waals surface area contributed by atoms with Gasteiger partial charge in [0, 0.05) is 33.8 Å². The van der Waals surface area contributed by atoms with Crippen LogP contribution in [0.2, 0.25) is 0 Å². The SMILES string of the molecule is COc1cccc(F)c1CCc1ccc(-c2ccc(C)nc2C)c2nncn12. The van der Waals surface area contributed by atoms with Crippen molar-refractivity contribution in [2.24, 2.45) is 0 Å². The zero-order valence-electron chi connectivity index (χ0n) is 16.1. The molecule has 0 atom stereocenters. The lowest BCUT2D eigenvalue weighted by Crippen LogP contribution is -2.03. The van der Waals surface area contributed by atoms with E-state index in [1.165, 1.54) is 6.07 Å². The highest BCUT2D eigenvalue weighted by Crippen LogP contribution is 2.28. The fourth-order valence-electron chi connectivity index (χ4n) is 3.57. The number of hydrogen-bond acceptors (Lipinski definition) is 4. The van der Waals surface area contributed by atoms with Crippen LogP contribution in [-0.2, 0) is 12.8 Å². The van der Waals surface area contributed by atoms with E-state index in [9.17, 15) is 4.39 Å². The minimum Gasteiger partial charge on any atom is -0.496 e. The van der Waals surface area contributed by atoms with E-state index < -0.39 is 0 Å². The molecule has 5 nitrogen and oxygen atoms in total. The predicted molar refractivity (Wildman–Crippen MR) is 106 cm³/mol. The summed E-state index contributed by atoms with van der Waals surface area (Å²) in [6, 6.07) is 13.0. The smallest absolute Gasteiger partial charge is 0.168 e. The quantitative estimate of drug-likeness (QED) is 0.520. The van der Waals surface area contributed by atoms with Crippen LogP contribution >= 0.6 is 0 Å². The van der Waals surface area contributed by atoms with Crippen molar-refractivity contribution in [3.63, 3.8) is 0 Å². The molecule has 0 saturated heterocycles. The minimum atomic E-state index is -0.252. The second kappa shape index (κ2) is 7.38. The Kier molecular flexibility index (Phi) is 4.77. The maximum atomic E-state index is 14.2. The Labute approximate surface area is 162 Å². The third kappa shape index (κ3) is 3.22. The summed E-state index contributed by atoms with van der Waals surface area (Å²) >= 11 is 0. The Balaban J connectivity index is 1.70. The van der Waals surface area contributed by atoms with E-state index in [1.807, 2.05) is 36.4 Å². The first-order valence-electron chi connectivity index (χ1n) is 9.16. The van der Waals surface area contributed by atoms with Crippen molar-refractivity contribution in [2.45, 2.75) is 26.7 Å². The van der Waals surface area contributed by atoms with E-state index in [2.05, 4.69) is 21.2 Å². The van der Waals surface area contributed by atoms with Crippen LogP contribution in [0.5, 0.6) is 5.75 Å². The Morgan fingerprint density at radius 3 is 2.61 bits per heavy atom. The van der Waals surface area contributed by atoms with Gasteiger partial charge in [-0.3, -0.25) is 9.38 Å². The number of hydrogen-bond donors (Lipinski definition) is 0. The summed E-state index contributed by atoms with van der Waals surface area (Å²) in [5.74, 6) is 0.315. The Hall–Kier alpha value is -3.28. The van der Waals surface area contributed by atoms with Crippen LogP contribution in [0.1, 0.15) is 22.6 Å². The zero-order valence-corrected chi connectivity index (χ0v) is 16.1. The van der Waals surface area contributed by atoms with Crippen molar-refractivity contribution < 1.29 is 9.13 Å². The molecule has 3 aromatic heterocycles. The van der Waals surface area contributed by atoms with Crippen LogP contribution in [0.3, 0.4) is 0 Å². The number of pyridine rings is 2. The van der Waals surface area contributed by atoms with Crippen LogP contribution in [-0.4, -0.2) is 26.7 Å². The number of fused-ring (bicyclic) bond motifs is 1. The molecule has 0 N–H and O–H groups in total. The van der Waals surface area contributed by atoms with Gasteiger partial charge in [-0.25, -0.2) is 4.39 Å². The first-order chi connectivity index (χ1) is 13.6. The molecule has 0 saturated carbocycles. The van der Waals surface area contributed by atoms with Gasteiger partial charge in [0.05, 0.1) is 7.11 Å². The summed E-state index contributed by atoms with van der Waals surface area (Å²) in [7, 11) is 1.56. The third-order valence-corrected chi connectivity index (χ3v) is 4.98. The molecule has 4 rings (SSSR count). The van der Waals surface area contributed by atoms with E-state index in [0.29, 0.717) is 24.2 Å². The number of ether oxygens (including phenoxy) is 1. The molecule has 28 heavy (non-hydrogen) atoms. The van der Waals surface area contributed by atoms with Crippen molar-refractivity contribution in [1.82, 2.24) is 19.6 Å². The molecule has 1 aromatic carbocycles. The van der Waals surface area contributed by atoms with Crippen LogP contribution in [0.15, 0.2) is 48.8 Å². The minimum absolute atomic E-state index is 0.252. The normalized spacial score (nSPS) is 11.1. The van der Waals surface area contributed by atoms with Gasteiger partial charge < -0.3 is 4.74 Å². The second-order valence-corrected chi connectivity index (χ2v) is 6.77. The lowest BCUT2D eigenvalue weighted by Gasteiger charge is -2.12. The van der Waals surface area contributed by atoms with Crippen LogP contribution < -0.4 is 4.74 Å². The van der Waals surface area contributed by atoms with Gasteiger partial charge in [-0.15, -0.1) is 10.2 Å². The van der Waals surface area contributed by atoms with E-state index in [0.717, 1.165) is 33.9 Å².